The number of aryl methyl sites for hydroxylation is 1. The maximum atomic E-state index is 13.9. The lowest BCUT2D eigenvalue weighted by molar-refractivity contribution is -0.112. The van der Waals surface area contributed by atoms with Crippen LogP contribution in [-0.2, 0) is 11.4 Å². The number of ether oxygens (including phenoxy) is 2. The normalized spacial score (nSPS) is 11.0. The monoisotopic (exact) mass is 528 g/mol. The fraction of sp³-hybridized carbons (Fsp3) is 0.120. The molecule has 0 aromatic heterocycles. The van der Waals surface area contributed by atoms with Gasteiger partial charge in [-0.1, -0.05) is 35.9 Å². The molecular weight excluding hydrogens is 511 g/mol. The zero-order valence-corrected chi connectivity index (χ0v) is 20.1. The van der Waals surface area contributed by atoms with E-state index in [2.05, 4.69) is 21.2 Å². The first-order chi connectivity index (χ1) is 15.8. The number of hydrogen-bond acceptors (Lipinski definition) is 4. The van der Waals surface area contributed by atoms with E-state index in [-0.39, 0.29) is 18.0 Å². The molecule has 0 heterocycles. The van der Waals surface area contributed by atoms with Gasteiger partial charge < -0.3 is 14.8 Å². The lowest BCUT2D eigenvalue weighted by Crippen LogP contribution is -2.13. The highest BCUT2D eigenvalue weighted by molar-refractivity contribution is 9.10. The van der Waals surface area contributed by atoms with Gasteiger partial charge in [0.15, 0.2) is 11.5 Å². The van der Waals surface area contributed by atoms with E-state index in [0.29, 0.717) is 37.8 Å². The Labute approximate surface area is 204 Å². The Hall–Kier alpha value is -3.34. The summed E-state index contributed by atoms with van der Waals surface area (Å²) in [5, 5.41) is 12.7. The van der Waals surface area contributed by atoms with Gasteiger partial charge in [0.05, 0.1) is 11.6 Å². The van der Waals surface area contributed by atoms with Gasteiger partial charge in [-0.05, 0) is 70.4 Å². The van der Waals surface area contributed by atoms with Gasteiger partial charge in [0.25, 0.3) is 5.91 Å². The molecule has 0 bridgehead atoms. The second-order valence-electron chi connectivity index (χ2n) is 7.00. The zero-order chi connectivity index (χ0) is 24.0. The number of rotatable bonds is 7. The molecule has 3 aromatic carbocycles. The van der Waals surface area contributed by atoms with Crippen LogP contribution < -0.4 is 14.8 Å². The number of nitrogens with one attached hydrogen (secondary N) is 1. The van der Waals surface area contributed by atoms with E-state index in [4.69, 9.17) is 21.1 Å². The molecule has 1 N–H and O–H groups in total. The Balaban J connectivity index is 1.83. The van der Waals surface area contributed by atoms with E-state index in [1.54, 1.807) is 48.5 Å². The second kappa shape index (κ2) is 11.0. The van der Waals surface area contributed by atoms with Gasteiger partial charge in [-0.15, -0.1) is 0 Å². The van der Waals surface area contributed by atoms with E-state index in [9.17, 15) is 14.4 Å². The van der Waals surface area contributed by atoms with E-state index >= 15 is 0 Å². The summed E-state index contributed by atoms with van der Waals surface area (Å²) < 4.78 is 25.6. The summed E-state index contributed by atoms with van der Waals surface area (Å²) in [5.41, 5.74) is 2.17. The highest BCUT2D eigenvalue weighted by Gasteiger charge is 2.15. The molecule has 0 atom stereocenters. The third-order valence-electron chi connectivity index (χ3n) is 4.69. The summed E-state index contributed by atoms with van der Waals surface area (Å²) in [4.78, 5) is 12.6. The molecule has 0 radical (unpaired) electrons. The quantitative estimate of drug-likeness (QED) is 0.274. The number of carbonyl (C=O) groups is 1. The molecule has 0 aliphatic carbocycles. The molecular formula is C25H19BrClFN2O3. The van der Waals surface area contributed by atoms with Crippen LogP contribution in [-0.4, -0.2) is 13.0 Å². The molecule has 0 aliphatic heterocycles. The Morgan fingerprint density at radius 3 is 2.67 bits per heavy atom. The third kappa shape index (κ3) is 6.13. The molecule has 0 unspecified atom stereocenters. The Morgan fingerprint density at radius 1 is 1.24 bits per heavy atom. The van der Waals surface area contributed by atoms with Gasteiger partial charge in [-0.25, -0.2) is 4.39 Å². The van der Waals surface area contributed by atoms with Crippen molar-refractivity contribution in [3.05, 3.63) is 92.2 Å². The van der Waals surface area contributed by atoms with Crippen LogP contribution in [0.2, 0.25) is 5.02 Å². The van der Waals surface area contributed by atoms with Crippen molar-refractivity contribution in [2.45, 2.75) is 13.5 Å². The second-order valence-corrected chi connectivity index (χ2v) is 8.26. The zero-order valence-electron chi connectivity index (χ0n) is 17.8. The van der Waals surface area contributed by atoms with Gasteiger partial charge in [-0.2, -0.15) is 5.26 Å². The SMILES string of the molecule is COc1cc(/C=C(/C#N)C(=O)Nc2ccc(C)c(Cl)c2)cc(Br)c1OCc1ccccc1F. The van der Waals surface area contributed by atoms with Crippen molar-refractivity contribution in [3.63, 3.8) is 0 Å². The number of nitriles is 1. The summed E-state index contributed by atoms with van der Waals surface area (Å²) in [7, 11) is 1.46. The van der Waals surface area contributed by atoms with E-state index < -0.39 is 5.91 Å². The summed E-state index contributed by atoms with van der Waals surface area (Å²) in [5.74, 6) is -0.218. The minimum Gasteiger partial charge on any atom is -0.493 e. The van der Waals surface area contributed by atoms with Crippen LogP contribution in [0.15, 0.2) is 64.6 Å². The molecule has 0 fully saturated rings. The molecule has 0 saturated carbocycles. The van der Waals surface area contributed by atoms with Crippen LogP contribution in [0.5, 0.6) is 11.5 Å². The molecule has 3 aromatic rings. The van der Waals surface area contributed by atoms with Crippen molar-refractivity contribution in [1.29, 1.82) is 5.26 Å². The first-order valence-electron chi connectivity index (χ1n) is 9.75. The summed E-state index contributed by atoms with van der Waals surface area (Å²) in [6, 6.07) is 16.6. The molecule has 0 saturated heterocycles. The topological polar surface area (TPSA) is 71.3 Å². The highest BCUT2D eigenvalue weighted by Crippen LogP contribution is 2.38. The standard InChI is InChI=1S/C25H19BrClFN2O3/c1-15-7-8-19(12-21(15)27)30-25(31)18(13-29)9-16-10-20(26)24(23(11-16)32-2)33-14-17-5-3-4-6-22(17)28/h3-12H,14H2,1-2H3,(H,30,31)/b18-9-. The predicted octanol–water partition coefficient (Wildman–Crippen LogP) is 6.68. The maximum absolute atomic E-state index is 13.9. The first-order valence-corrected chi connectivity index (χ1v) is 10.9. The number of benzene rings is 3. The minimum absolute atomic E-state index is 0.00177. The molecule has 3 rings (SSSR count). The van der Waals surface area contributed by atoms with E-state index in [1.807, 2.05) is 13.0 Å². The van der Waals surface area contributed by atoms with Crippen molar-refractivity contribution in [1.82, 2.24) is 0 Å². The van der Waals surface area contributed by atoms with Gasteiger partial charge in [0.2, 0.25) is 0 Å². The number of carbonyl (C=O) groups excluding carboxylic acids is 1. The number of hydrogen-bond donors (Lipinski definition) is 1. The average molecular weight is 530 g/mol. The lowest BCUT2D eigenvalue weighted by Gasteiger charge is -2.14. The smallest absolute Gasteiger partial charge is 0.266 e. The molecule has 168 valence electrons. The largest absolute Gasteiger partial charge is 0.493 e. The van der Waals surface area contributed by atoms with Crippen molar-refractivity contribution in [2.24, 2.45) is 0 Å². The predicted molar refractivity (Wildman–Crippen MR) is 130 cm³/mol. The third-order valence-corrected chi connectivity index (χ3v) is 5.68. The number of nitrogens with zero attached hydrogens (tertiary/aromatic N) is 1. The molecule has 1 amide bonds. The average Bonchev–Trinajstić information content (AvgIpc) is 2.79. The van der Waals surface area contributed by atoms with Crippen molar-refractivity contribution in [3.8, 4) is 17.6 Å². The molecule has 0 aliphatic rings. The number of halogens is 3. The van der Waals surface area contributed by atoms with Crippen LogP contribution in [0.25, 0.3) is 6.08 Å². The van der Waals surface area contributed by atoms with Crippen LogP contribution >= 0.6 is 27.5 Å². The van der Waals surface area contributed by atoms with Crippen LogP contribution in [0.1, 0.15) is 16.7 Å². The van der Waals surface area contributed by atoms with Crippen LogP contribution in [0.3, 0.4) is 0 Å². The number of amides is 1. The minimum atomic E-state index is -0.576. The fourth-order valence-corrected chi connectivity index (χ4v) is 3.67. The van der Waals surface area contributed by atoms with Crippen molar-refractivity contribution < 1.29 is 18.7 Å². The summed E-state index contributed by atoms with van der Waals surface area (Å²) >= 11 is 9.52. The van der Waals surface area contributed by atoms with E-state index in [1.165, 1.54) is 19.3 Å². The lowest BCUT2D eigenvalue weighted by atomic mass is 10.1. The fourth-order valence-electron chi connectivity index (χ4n) is 2.91. The Kier molecular flexibility index (Phi) is 8.10. The van der Waals surface area contributed by atoms with Crippen LogP contribution in [0, 0.1) is 24.1 Å². The van der Waals surface area contributed by atoms with Gasteiger partial charge in [0, 0.05) is 16.3 Å². The number of methoxy groups -OCH3 is 1. The van der Waals surface area contributed by atoms with Crippen LogP contribution in [0.4, 0.5) is 10.1 Å². The summed E-state index contributed by atoms with van der Waals surface area (Å²) in [6.07, 6.45) is 1.43. The highest BCUT2D eigenvalue weighted by atomic mass is 79.9. The first kappa shape index (κ1) is 24.3. The summed E-state index contributed by atoms with van der Waals surface area (Å²) in [6.45, 7) is 1.85. The molecule has 0 spiro atoms. The van der Waals surface area contributed by atoms with Crippen molar-refractivity contribution >= 4 is 45.2 Å². The molecule has 5 nitrogen and oxygen atoms in total. The van der Waals surface area contributed by atoms with E-state index in [0.717, 1.165) is 5.56 Å². The van der Waals surface area contributed by atoms with Gasteiger partial charge >= 0.3 is 0 Å². The maximum Gasteiger partial charge on any atom is 0.266 e. The Morgan fingerprint density at radius 2 is 2.00 bits per heavy atom. The van der Waals surface area contributed by atoms with Gasteiger partial charge in [-0.3, -0.25) is 4.79 Å². The molecule has 33 heavy (non-hydrogen) atoms. The van der Waals surface area contributed by atoms with Gasteiger partial charge in [0.1, 0.15) is 24.1 Å². The Bertz CT molecular complexity index is 1270. The van der Waals surface area contributed by atoms with Crippen molar-refractivity contribution in [2.75, 3.05) is 12.4 Å². The molecule has 8 heteroatoms. The number of anilines is 1.